The van der Waals surface area contributed by atoms with Crippen molar-refractivity contribution in [3.05, 3.63) is 95.1 Å². The summed E-state index contributed by atoms with van der Waals surface area (Å²) in [5.74, 6) is 1.17. The summed E-state index contributed by atoms with van der Waals surface area (Å²) in [5.41, 5.74) is 8.93. The minimum absolute atomic E-state index is 0. The molecule has 4 nitrogen and oxygen atoms in total. The number of rotatable bonds is 10. The molecule has 0 bridgehead atoms. The number of thiophene rings is 1. The van der Waals surface area contributed by atoms with Gasteiger partial charge in [-0.05, 0) is 84.9 Å². The van der Waals surface area contributed by atoms with Crippen molar-refractivity contribution in [3.63, 3.8) is 0 Å². The number of benzene rings is 2. The average Bonchev–Trinajstić information content (AvgIpc) is 3.48. The second kappa shape index (κ2) is 17.6. The molecule has 51 heavy (non-hydrogen) atoms. The van der Waals surface area contributed by atoms with Crippen molar-refractivity contribution >= 4 is 38.0 Å². The number of ketones is 1. The zero-order valence-electron chi connectivity index (χ0n) is 31.9. The van der Waals surface area contributed by atoms with Gasteiger partial charge in [-0.25, -0.2) is 0 Å². The number of carbonyl (C=O) groups is 1. The van der Waals surface area contributed by atoms with Crippen molar-refractivity contribution in [3.8, 4) is 21.7 Å². The molecule has 0 spiro atoms. The van der Waals surface area contributed by atoms with E-state index in [-0.39, 0.29) is 48.9 Å². The fourth-order valence-electron chi connectivity index (χ4n) is 7.24. The third-order valence-electron chi connectivity index (χ3n) is 10.2. The third kappa shape index (κ3) is 9.07. The van der Waals surface area contributed by atoms with E-state index in [1.54, 1.807) is 0 Å². The fraction of sp³-hybridized carbons (Fsp3) is 0.444. The number of aryl methyl sites for hydroxylation is 2. The number of carbonyl (C=O) groups excluding carboxylic acids is 1. The van der Waals surface area contributed by atoms with E-state index >= 15 is 0 Å². The van der Waals surface area contributed by atoms with Gasteiger partial charge in [0.2, 0.25) is 0 Å². The first-order valence-electron chi connectivity index (χ1n) is 18.7. The summed E-state index contributed by atoms with van der Waals surface area (Å²) >= 11 is 1.88. The SMILES string of the molecule is CC(C)Cc1cc2c(cn1)-c1sc3c(-c4[c-]c5ccccc5c(C(C)(C)C)c4)nccc3c1CC2.CCC(CC)C(=O)/C=C(\O)C(CC)CC.[Ir]. The summed E-state index contributed by atoms with van der Waals surface area (Å²) in [7, 11) is 0. The van der Waals surface area contributed by atoms with Crippen molar-refractivity contribution in [2.24, 2.45) is 17.8 Å². The summed E-state index contributed by atoms with van der Waals surface area (Å²) in [5, 5.41) is 13.5. The molecule has 2 aromatic carbocycles. The normalized spacial score (nSPS) is 12.9. The Balaban J connectivity index is 0.000000312. The summed E-state index contributed by atoms with van der Waals surface area (Å²) in [6.07, 6.45) is 12.2. The van der Waals surface area contributed by atoms with Gasteiger partial charge in [0.1, 0.15) is 0 Å². The Labute approximate surface area is 323 Å². The van der Waals surface area contributed by atoms with Crippen LogP contribution < -0.4 is 0 Å². The summed E-state index contributed by atoms with van der Waals surface area (Å²) < 4.78 is 1.27. The molecule has 0 saturated carbocycles. The van der Waals surface area contributed by atoms with Crippen LogP contribution in [0.25, 0.3) is 42.6 Å². The number of hydrogen-bond acceptors (Lipinski definition) is 5. The van der Waals surface area contributed by atoms with E-state index < -0.39 is 0 Å². The molecule has 3 heterocycles. The Morgan fingerprint density at radius 2 is 1.63 bits per heavy atom. The van der Waals surface area contributed by atoms with Gasteiger partial charge in [0.15, 0.2) is 5.78 Å². The molecule has 1 N–H and O–H groups in total. The Bertz CT molecular complexity index is 1990. The minimum Gasteiger partial charge on any atom is -0.512 e. The van der Waals surface area contributed by atoms with Gasteiger partial charge in [0, 0.05) is 76.9 Å². The predicted octanol–water partition coefficient (Wildman–Crippen LogP) is 12.4. The largest absolute Gasteiger partial charge is 0.512 e. The van der Waals surface area contributed by atoms with Gasteiger partial charge < -0.3 is 5.11 Å². The Kier molecular flexibility index (Phi) is 14.0. The van der Waals surface area contributed by atoms with Gasteiger partial charge in [-0.2, -0.15) is 0 Å². The molecule has 0 atom stereocenters. The molecule has 0 fully saturated rings. The van der Waals surface area contributed by atoms with Crippen molar-refractivity contribution in [2.45, 2.75) is 113 Å². The first kappa shape index (κ1) is 40.6. The van der Waals surface area contributed by atoms with Gasteiger partial charge in [-0.3, -0.25) is 14.8 Å². The minimum atomic E-state index is 0. The molecule has 1 aliphatic carbocycles. The van der Waals surface area contributed by atoms with Crippen LogP contribution in [0.5, 0.6) is 0 Å². The first-order chi connectivity index (χ1) is 23.9. The van der Waals surface area contributed by atoms with E-state index in [0.29, 0.717) is 5.92 Å². The molecule has 0 saturated heterocycles. The predicted molar refractivity (Wildman–Crippen MR) is 213 cm³/mol. The number of pyridine rings is 2. The van der Waals surface area contributed by atoms with E-state index in [0.717, 1.165) is 61.6 Å². The van der Waals surface area contributed by atoms with Crippen LogP contribution in [0.3, 0.4) is 0 Å². The van der Waals surface area contributed by atoms with Crippen LogP contribution in [-0.4, -0.2) is 20.9 Å². The fourth-order valence-corrected chi connectivity index (χ4v) is 8.63. The third-order valence-corrected chi connectivity index (χ3v) is 11.5. The molecule has 1 radical (unpaired) electrons. The van der Waals surface area contributed by atoms with Crippen LogP contribution in [-0.2, 0) is 49.6 Å². The molecule has 5 aromatic rings. The summed E-state index contributed by atoms with van der Waals surface area (Å²) in [6.45, 7) is 19.4. The molecule has 6 rings (SSSR count). The maximum atomic E-state index is 11.7. The van der Waals surface area contributed by atoms with Gasteiger partial charge in [-0.1, -0.05) is 91.5 Å². The van der Waals surface area contributed by atoms with Crippen LogP contribution in [0, 0.1) is 23.8 Å². The number of aliphatic hydroxyl groups is 1. The molecule has 273 valence electrons. The van der Waals surface area contributed by atoms with Gasteiger partial charge >= 0.3 is 0 Å². The number of nitrogens with zero attached hydrogens (tertiary/aromatic N) is 2. The molecule has 0 aliphatic heterocycles. The molecular formula is C45H55IrN2O2S-. The van der Waals surface area contributed by atoms with E-state index in [2.05, 4.69) is 89.3 Å². The van der Waals surface area contributed by atoms with E-state index in [1.807, 2.05) is 45.2 Å². The number of aliphatic hydroxyl groups excluding tert-OH is 1. The van der Waals surface area contributed by atoms with Crippen LogP contribution >= 0.6 is 11.3 Å². The van der Waals surface area contributed by atoms with Crippen molar-refractivity contribution in [1.82, 2.24) is 9.97 Å². The second-order valence-electron chi connectivity index (χ2n) is 15.3. The van der Waals surface area contributed by atoms with Crippen LogP contribution in [0.4, 0.5) is 0 Å². The monoisotopic (exact) mass is 880 g/mol. The maximum absolute atomic E-state index is 11.7. The maximum Gasteiger partial charge on any atom is 0.162 e. The summed E-state index contributed by atoms with van der Waals surface area (Å²) in [6, 6.07) is 19.2. The quantitative estimate of drug-likeness (QED) is 0.0862. The van der Waals surface area contributed by atoms with Gasteiger partial charge in [-0.15, -0.1) is 40.5 Å². The van der Waals surface area contributed by atoms with Crippen molar-refractivity contribution in [2.75, 3.05) is 0 Å². The second-order valence-corrected chi connectivity index (χ2v) is 16.3. The topological polar surface area (TPSA) is 63.1 Å². The molecule has 0 unspecified atom stereocenters. The van der Waals surface area contributed by atoms with Gasteiger partial charge in [0.05, 0.1) is 5.76 Å². The van der Waals surface area contributed by atoms with Crippen LogP contribution in [0.2, 0.25) is 0 Å². The molecule has 3 aromatic heterocycles. The zero-order valence-corrected chi connectivity index (χ0v) is 35.2. The average molecular weight is 880 g/mol. The number of allylic oxidation sites excluding steroid dienone is 2. The zero-order chi connectivity index (χ0) is 36.2. The molecule has 0 amide bonds. The summed E-state index contributed by atoms with van der Waals surface area (Å²) in [4.78, 5) is 22.8. The molecule has 6 heteroatoms. The first-order valence-corrected chi connectivity index (χ1v) is 19.5. The van der Waals surface area contributed by atoms with Crippen LogP contribution in [0.1, 0.15) is 110 Å². The smallest absolute Gasteiger partial charge is 0.162 e. The van der Waals surface area contributed by atoms with Gasteiger partial charge in [0.25, 0.3) is 0 Å². The standard InChI is InChI=1S/C32H31N2S.C13H24O2.Ir/c1-19(2)14-23-16-21-10-11-25-26-12-13-33-29(31(26)35-30(25)27(21)18-34-23)22-15-20-8-6-7-9-24(20)28(17-22)32(3,4)5;1-5-10(6-2)12(14)9-13(15)11(7-3)8-4;/h6-9,12-13,16-19H,10-11,14H2,1-5H3;9-11,14H,5-8H2,1-4H3;/q-1;;/b;12-9-;. The van der Waals surface area contributed by atoms with E-state index in [1.165, 1.54) is 54.4 Å². The molecular weight excluding hydrogens is 825 g/mol. The van der Waals surface area contributed by atoms with Crippen LogP contribution in [0.15, 0.2) is 66.7 Å². The van der Waals surface area contributed by atoms with E-state index in [4.69, 9.17) is 9.97 Å². The number of hydrogen-bond donors (Lipinski definition) is 1. The van der Waals surface area contributed by atoms with Crippen molar-refractivity contribution < 1.29 is 30.0 Å². The van der Waals surface area contributed by atoms with Crippen molar-refractivity contribution in [1.29, 1.82) is 0 Å². The number of fused-ring (bicyclic) bond motifs is 6. The number of aromatic nitrogens is 2. The molecule has 1 aliphatic rings. The van der Waals surface area contributed by atoms with E-state index in [9.17, 15) is 9.90 Å². The Morgan fingerprint density at radius 3 is 2.27 bits per heavy atom. The Morgan fingerprint density at radius 1 is 0.941 bits per heavy atom. The Hall–Kier alpha value is -3.18.